The van der Waals surface area contributed by atoms with Gasteiger partial charge in [0.25, 0.3) is 0 Å². The molecule has 1 amide bonds. The molecule has 2 saturated heterocycles. The van der Waals surface area contributed by atoms with Crippen LogP contribution in [0.2, 0.25) is 0 Å². The summed E-state index contributed by atoms with van der Waals surface area (Å²) in [6.45, 7) is 2.85. The molecule has 0 bridgehead atoms. The fourth-order valence-corrected chi connectivity index (χ4v) is 11.0. The monoisotopic (exact) mass is 1100 g/mol. The van der Waals surface area contributed by atoms with Gasteiger partial charge in [-0.3, -0.25) is 4.79 Å². The number of aliphatic hydroxyl groups is 8. The number of amides is 1. The first kappa shape index (κ1) is 71.8. The van der Waals surface area contributed by atoms with Gasteiger partial charge in [-0.15, -0.1) is 0 Å². The quantitative estimate of drug-likeness (QED) is 0.0204. The Kier molecular flexibility index (Phi) is 46.0. The van der Waals surface area contributed by atoms with Gasteiger partial charge in [-0.25, -0.2) is 0 Å². The van der Waals surface area contributed by atoms with Gasteiger partial charge >= 0.3 is 0 Å². The standard InChI is InChI=1S/C63H121NO13/c1-3-5-7-9-11-13-15-17-19-21-23-24-25-26-27-28-29-30-32-34-36-38-40-42-44-46-52(67)51(64-55(68)47-45-43-41-39-37-35-33-31-22-20-18-16-14-12-10-8-6-4-2)50-74-62-60(73)58(71)61(54(49-66)76-62)77-63-59(72)57(70)56(69)53(48-65)75-63/h44,46,51-54,56-63,65-67,69-73H,3-43,45,47-50H2,1-2H3,(H,64,68)/b46-44+. The summed E-state index contributed by atoms with van der Waals surface area (Å²) in [5.41, 5.74) is 0. The van der Waals surface area contributed by atoms with Crippen LogP contribution in [0.5, 0.6) is 0 Å². The molecule has 14 nitrogen and oxygen atoms in total. The molecule has 12 atom stereocenters. The maximum Gasteiger partial charge on any atom is 0.220 e. The molecule has 0 aliphatic carbocycles. The Hall–Kier alpha value is -1.27. The van der Waals surface area contributed by atoms with Crippen LogP contribution in [0.1, 0.15) is 290 Å². The van der Waals surface area contributed by atoms with Crippen LogP contribution in [0, 0.1) is 0 Å². The second kappa shape index (κ2) is 49.3. The van der Waals surface area contributed by atoms with E-state index >= 15 is 0 Å². The Bertz CT molecular complexity index is 1340. The smallest absolute Gasteiger partial charge is 0.220 e. The van der Waals surface area contributed by atoms with E-state index < -0.39 is 86.8 Å². The van der Waals surface area contributed by atoms with Crippen LogP contribution >= 0.6 is 0 Å². The van der Waals surface area contributed by atoms with E-state index in [0.717, 1.165) is 38.5 Å². The van der Waals surface area contributed by atoms with Crippen molar-refractivity contribution in [3.63, 3.8) is 0 Å². The summed E-state index contributed by atoms with van der Waals surface area (Å²) in [4.78, 5) is 13.3. The average molecular weight is 1100 g/mol. The van der Waals surface area contributed by atoms with E-state index in [-0.39, 0.29) is 18.9 Å². The van der Waals surface area contributed by atoms with E-state index in [1.54, 1.807) is 6.08 Å². The van der Waals surface area contributed by atoms with E-state index in [2.05, 4.69) is 19.2 Å². The van der Waals surface area contributed by atoms with Crippen molar-refractivity contribution in [2.75, 3.05) is 19.8 Å². The number of carbonyl (C=O) groups is 1. The summed E-state index contributed by atoms with van der Waals surface area (Å²) < 4.78 is 22.8. The lowest BCUT2D eigenvalue weighted by molar-refractivity contribution is -0.359. The molecule has 0 aromatic carbocycles. The number of hydrogen-bond acceptors (Lipinski definition) is 13. The lowest BCUT2D eigenvalue weighted by Gasteiger charge is -2.46. The predicted octanol–water partition coefficient (Wildman–Crippen LogP) is 11.8. The molecule has 9 N–H and O–H groups in total. The summed E-state index contributed by atoms with van der Waals surface area (Å²) in [7, 11) is 0. The topological polar surface area (TPSA) is 228 Å². The second-order valence-corrected chi connectivity index (χ2v) is 23.3. The summed E-state index contributed by atoms with van der Waals surface area (Å²) in [6.07, 6.45) is 41.1. The molecule has 14 heteroatoms. The van der Waals surface area contributed by atoms with Crippen molar-refractivity contribution in [3.8, 4) is 0 Å². The van der Waals surface area contributed by atoms with Gasteiger partial charge in [-0.1, -0.05) is 276 Å². The third-order valence-electron chi connectivity index (χ3n) is 16.2. The Balaban J connectivity index is 1.72. The number of rotatable bonds is 53. The van der Waals surface area contributed by atoms with E-state index in [0.29, 0.717) is 6.42 Å². The molecule has 0 saturated carbocycles. The van der Waals surface area contributed by atoms with Gasteiger partial charge in [-0.2, -0.15) is 0 Å². The average Bonchev–Trinajstić information content (AvgIpc) is 3.44. The Morgan fingerprint density at radius 3 is 1.19 bits per heavy atom. The highest BCUT2D eigenvalue weighted by Crippen LogP contribution is 2.30. The van der Waals surface area contributed by atoms with Crippen LogP contribution in [0.3, 0.4) is 0 Å². The molecular formula is C63H121NO13. The summed E-state index contributed by atoms with van der Waals surface area (Å²) in [6, 6.07) is -0.910. The van der Waals surface area contributed by atoms with Gasteiger partial charge in [0.1, 0.15) is 48.8 Å². The second-order valence-electron chi connectivity index (χ2n) is 23.3. The molecule has 0 aromatic heterocycles. The first-order valence-corrected chi connectivity index (χ1v) is 32.4. The number of ether oxygens (including phenoxy) is 4. The molecule has 2 aliphatic rings. The van der Waals surface area contributed by atoms with Gasteiger partial charge in [-0.05, 0) is 19.3 Å². The molecule has 456 valence electrons. The van der Waals surface area contributed by atoms with Crippen LogP contribution in [0.15, 0.2) is 12.2 Å². The highest BCUT2D eigenvalue weighted by molar-refractivity contribution is 5.76. The SMILES string of the molecule is CCCCCCCCCCCCCCCCCCCCCCCCC/C=C/C(O)C(COC1OC(CO)C(OC2OC(CO)C(O)C(O)C2O)C(O)C1O)NC(=O)CCCCCCCCCCCCCCCCCCCC. The van der Waals surface area contributed by atoms with Crippen LogP contribution in [-0.2, 0) is 23.7 Å². The molecule has 0 aromatic rings. The van der Waals surface area contributed by atoms with Gasteiger partial charge in [0.2, 0.25) is 5.91 Å². The number of allylic oxidation sites excluding steroid dienone is 1. The molecule has 2 aliphatic heterocycles. The van der Waals surface area contributed by atoms with E-state index in [4.69, 9.17) is 18.9 Å². The van der Waals surface area contributed by atoms with Gasteiger partial charge in [0.05, 0.1) is 32.0 Å². The van der Waals surface area contributed by atoms with Crippen molar-refractivity contribution in [1.29, 1.82) is 0 Å². The van der Waals surface area contributed by atoms with Crippen molar-refractivity contribution >= 4 is 5.91 Å². The van der Waals surface area contributed by atoms with Crippen LogP contribution in [0.25, 0.3) is 0 Å². The first-order chi connectivity index (χ1) is 37.6. The largest absolute Gasteiger partial charge is 0.394 e. The molecule has 2 heterocycles. The molecule has 12 unspecified atom stereocenters. The Morgan fingerprint density at radius 1 is 0.455 bits per heavy atom. The third-order valence-corrected chi connectivity index (χ3v) is 16.2. The first-order valence-electron chi connectivity index (χ1n) is 32.4. The molecule has 0 spiro atoms. The molecule has 2 fully saturated rings. The number of unbranched alkanes of at least 4 members (excludes halogenated alkanes) is 40. The highest BCUT2D eigenvalue weighted by atomic mass is 16.7. The van der Waals surface area contributed by atoms with Crippen molar-refractivity contribution in [3.05, 3.63) is 12.2 Å². The van der Waals surface area contributed by atoms with Crippen molar-refractivity contribution in [1.82, 2.24) is 5.32 Å². The molecule has 0 radical (unpaired) electrons. The Labute approximate surface area is 469 Å². The van der Waals surface area contributed by atoms with Crippen molar-refractivity contribution in [2.24, 2.45) is 0 Å². The van der Waals surface area contributed by atoms with Crippen LogP contribution in [0.4, 0.5) is 0 Å². The van der Waals surface area contributed by atoms with Crippen molar-refractivity contribution in [2.45, 2.75) is 364 Å². The van der Waals surface area contributed by atoms with Crippen LogP contribution < -0.4 is 5.32 Å². The van der Waals surface area contributed by atoms with Gasteiger partial charge in [0, 0.05) is 6.42 Å². The normalized spacial score (nSPS) is 24.7. The minimum Gasteiger partial charge on any atom is -0.394 e. The Morgan fingerprint density at radius 2 is 0.805 bits per heavy atom. The third kappa shape index (κ3) is 34.7. The maximum absolute atomic E-state index is 13.3. The summed E-state index contributed by atoms with van der Waals surface area (Å²) >= 11 is 0. The van der Waals surface area contributed by atoms with E-state index in [1.807, 2.05) is 6.08 Å². The van der Waals surface area contributed by atoms with Gasteiger partial charge in [0.15, 0.2) is 12.6 Å². The minimum atomic E-state index is -1.79. The van der Waals surface area contributed by atoms with Crippen LogP contribution in [-0.4, -0.2) is 140 Å². The van der Waals surface area contributed by atoms with Gasteiger partial charge < -0.3 is 65.1 Å². The predicted molar refractivity (Wildman–Crippen MR) is 309 cm³/mol. The lowest BCUT2D eigenvalue weighted by Crippen LogP contribution is -2.65. The van der Waals surface area contributed by atoms with E-state index in [1.165, 1.54) is 225 Å². The minimum absolute atomic E-state index is 0.233. The van der Waals surface area contributed by atoms with E-state index in [9.17, 15) is 45.6 Å². The fraction of sp³-hybridized carbons (Fsp3) is 0.952. The number of aliphatic hydroxyl groups excluding tert-OH is 8. The zero-order chi connectivity index (χ0) is 56.0. The van der Waals surface area contributed by atoms with Crippen molar-refractivity contribution < 1.29 is 64.6 Å². The molecule has 77 heavy (non-hydrogen) atoms. The highest BCUT2D eigenvalue weighted by Gasteiger charge is 2.51. The lowest BCUT2D eigenvalue weighted by atomic mass is 9.97. The molecule has 2 rings (SSSR count). The fourth-order valence-electron chi connectivity index (χ4n) is 11.0. The summed E-state index contributed by atoms with van der Waals surface area (Å²) in [5, 5.41) is 87.3. The number of nitrogens with one attached hydrogen (secondary N) is 1. The maximum atomic E-state index is 13.3. The number of hydrogen-bond donors (Lipinski definition) is 9. The zero-order valence-corrected chi connectivity index (χ0v) is 49.2. The zero-order valence-electron chi connectivity index (χ0n) is 49.2. The summed E-state index contributed by atoms with van der Waals surface area (Å²) in [5.74, 6) is -0.233. The number of carbonyl (C=O) groups excluding carboxylic acids is 1. The molecular weight excluding hydrogens is 979 g/mol.